The first-order valence-corrected chi connectivity index (χ1v) is 12.1. The number of likely N-dealkylation sites (N-methyl/N-ethyl adjacent to an activating group) is 1. The number of anilines is 1. The molecule has 162 valence electrons. The van der Waals surface area contributed by atoms with E-state index in [1.54, 1.807) is 19.2 Å². The first kappa shape index (κ1) is 21.1. The van der Waals surface area contributed by atoms with E-state index in [1.165, 1.54) is 6.20 Å². The molecule has 1 unspecified atom stereocenters. The van der Waals surface area contributed by atoms with Crippen molar-refractivity contribution >= 4 is 21.3 Å². The lowest BCUT2D eigenvalue weighted by atomic mass is 10.00. The Morgan fingerprint density at radius 3 is 2.67 bits per heavy atom. The number of aromatic nitrogens is 2. The maximum atomic E-state index is 14.9. The molecule has 0 amide bonds. The second-order valence-corrected chi connectivity index (χ2v) is 10.3. The van der Waals surface area contributed by atoms with Crippen molar-refractivity contribution in [1.82, 2.24) is 14.9 Å². The molecule has 6 nitrogen and oxygen atoms in total. The average molecular weight is 433 g/mol. The Labute approximate surface area is 178 Å². The second-order valence-electron chi connectivity index (χ2n) is 8.28. The highest BCUT2D eigenvalue weighted by atomic mass is 32.2. The number of ether oxygens (including phenoxy) is 1. The van der Waals surface area contributed by atoms with E-state index < -0.39 is 15.4 Å². The zero-order valence-electron chi connectivity index (χ0n) is 17.6. The number of nitrogens with one attached hydrogen (secondary N) is 1. The third-order valence-corrected chi connectivity index (χ3v) is 7.64. The van der Waals surface area contributed by atoms with E-state index in [4.69, 9.17) is 4.74 Å². The van der Waals surface area contributed by atoms with E-state index in [9.17, 15) is 8.60 Å². The number of hydrogen-bond donors (Lipinski definition) is 1. The molecule has 0 saturated heterocycles. The van der Waals surface area contributed by atoms with Gasteiger partial charge in [0.25, 0.3) is 0 Å². The fraction of sp³-hybridized carbons (Fsp3) is 0.500. The van der Waals surface area contributed by atoms with E-state index in [0.29, 0.717) is 35.0 Å². The highest BCUT2D eigenvalue weighted by Gasteiger charge is 2.36. The van der Waals surface area contributed by atoms with E-state index in [2.05, 4.69) is 32.5 Å². The maximum absolute atomic E-state index is 14.9. The molecule has 2 aliphatic rings. The van der Waals surface area contributed by atoms with Gasteiger partial charge in [-0.2, -0.15) is 0 Å². The third kappa shape index (κ3) is 4.16. The van der Waals surface area contributed by atoms with Crippen LogP contribution in [0.25, 0.3) is 0 Å². The molecule has 0 spiro atoms. The van der Waals surface area contributed by atoms with Crippen LogP contribution < -0.4 is 9.46 Å². The first-order chi connectivity index (χ1) is 14.3. The number of nitrogens with zero attached hydrogens (tertiary/aromatic N) is 3. The molecule has 2 aromatic rings. The van der Waals surface area contributed by atoms with Crippen LogP contribution in [0, 0.1) is 0 Å². The monoisotopic (exact) mass is 432 g/mol. The summed E-state index contributed by atoms with van der Waals surface area (Å²) in [6.07, 6.45) is 5.90. The number of rotatable bonds is 5. The molecule has 30 heavy (non-hydrogen) atoms. The van der Waals surface area contributed by atoms with Crippen molar-refractivity contribution in [3.63, 3.8) is 0 Å². The van der Waals surface area contributed by atoms with Crippen LogP contribution in [0.5, 0.6) is 5.88 Å². The van der Waals surface area contributed by atoms with Crippen molar-refractivity contribution < 1.29 is 13.3 Å². The molecule has 3 heterocycles. The van der Waals surface area contributed by atoms with Gasteiger partial charge in [-0.15, -0.1) is 0 Å². The highest BCUT2D eigenvalue weighted by molar-refractivity contribution is 8.01. The lowest BCUT2D eigenvalue weighted by Crippen LogP contribution is -2.20. The molecule has 2 aromatic heterocycles. The van der Waals surface area contributed by atoms with E-state index in [1.807, 2.05) is 6.07 Å². The van der Waals surface area contributed by atoms with Crippen molar-refractivity contribution in [2.24, 2.45) is 0 Å². The van der Waals surface area contributed by atoms with Crippen LogP contribution >= 0.6 is 0 Å². The van der Waals surface area contributed by atoms with E-state index in [0.717, 1.165) is 50.0 Å². The SMILES string of the molecule is C=S(=O)(Nc1cc2c(nc1OC)CCN(C)CC2)c1ccc(C2(F)CCCC2)nc1. The van der Waals surface area contributed by atoms with Crippen molar-refractivity contribution in [3.05, 3.63) is 41.3 Å². The van der Waals surface area contributed by atoms with E-state index >= 15 is 0 Å². The number of hydrogen-bond acceptors (Lipinski definition) is 5. The Bertz CT molecular complexity index is 1020. The summed E-state index contributed by atoms with van der Waals surface area (Å²) >= 11 is 0. The highest BCUT2D eigenvalue weighted by Crippen LogP contribution is 2.41. The number of pyridine rings is 2. The second kappa shape index (κ2) is 8.15. The molecule has 1 fully saturated rings. The normalized spacial score (nSPS) is 20.8. The van der Waals surface area contributed by atoms with Gasteiger partial charge in [-0.1, -0.05) is 0 Å². The fourth-order valence-electron chi connectivity index (χ4n) is 4.22. The lowest BCUT2D eigenvalue weighted by molar-refractivity contribution is 0.168. The molecule has 4 rings (SSSR count). The topological polar surface area (TPSA) is 67.3 Å². The summed E-state index contributed by atoms with van der Waals surface area (Å²) in [5, 5.41) is 0. The van der Waals surface area contributed by atoms with Gasteiger partial charge < -0.3 is 14.4 Å². The Kier molecular flexibility index (Phi) is 5.72. The number of halogens is 1. The van der Waals surface area contributed by atoms with Gasteiger partial charge in [0, 0.05) is 31.4 Å². The largest absolute Gasteiger partial charge is 0.479 e. The van der Waals surface area contributed by atoms with Crippen LogP contribution in [0.2, 0.25) is 0 Å². The van der Waals surface area contributed by atoms with Crippen LogP contribution in [0.1, 0.15) is 42.6 Å². The Morgan fingerprint density at radius 2 is 2.00 bits per heavy atom. The van der Waals surface area contributed by atoms with Gasteiger partial charge in [0.05, 0.1) is 27.4 Å². The minimum Gasteiger partial charge on any atom is -0.479 e. The molecule has 1 N–H and O–H groups in total. The van der Waals surface area contributed by atoms with Crippen LogP contribution in [-0.2, 0) is 28.2 Å². The molecular weight excluding hydrogens is 403 g/mol. The quantitative estimate of drug-likeness (QED) is 0.734. The van der Waals surface area contributed by atoms with Gasteiger partial charge in [-0.05, 0) is 68.8 Å². The molecular formula is C22H29FN4O2S. The minimum atomic E-state index is -2.92. The Morgan fingerprint density at radius 1 is 1.27 bits per heavy atom. The van der Waals surface area contributed by atoms with E-state index in [-0.39, 0.29) is 0 Å². The summed E-state index contributed by atoms with van der Waals surface area (Å²) in [6.45, 7) is 1.88. The van der Waals surface area contributed by atoms with Gasteiger partial charge in [-0.3, -0.25) is 4.98 Å². The van der Waals surface area contributed by atoms with Crippen molar-refractivity contribution in [2.45, 2.75) is 49.1 Å². The van der Waals surface area contributed by atoms with Gasteiger partial charge in [-0.25, -0.2) is 13.6 Å². The molecule has 1 aliphatic carbocycles. The number of methoxy groups -OCH3 is 1. The summed E-state index contributed by atoms with van der Waals surface area (Å²) in [7, 11) is 0.722. The van der Waals surface area contributed by atoms with Crippen LogP contribution in [0.3, 0.4) is 0 Å². The smallest absolute Gasteiger partial charge is 0.238 e. The minimum absolute atomic E-state index is 0.396. The third-order valence-electron chi connectivity index (χ3n) is 6.09. The zero-order chi connectivity index (χ0) is 21.4. The van der Waals surface area contributed by atoms with Crippen LogP contribution in [0.4, 0.5) is 10.1 Å². The molecule has 1 aliphatic heterocycles. The predicted molar refractivity (Wildman–Crippen MR) is 118 cm³/mol. The predicted octanol–water partition coefficient (Wildman–Crippen LogP) is 3.36. The number of alkyl halides is 1. The van der Waals surface area contributed by atoms with Crippen molar-refractivity contribution in [1.29, 1.82) is 0 Å². The molecule has 0 bridgehead atoms. The summed E-state index contributed by atoms with van der Waals surface area (Å²) in [6, 6.07) is 5.25. The summed E-state index contributed by atoms with van der Waals surface area (Å²) < 4.78 is 36.8. The Hall–Kier alpha value is -2.19. The zero-order valence-corrected chi connectivity index (χ0v) is 18.4. The first-order valence-electron chi connectivity index (χ1n) is 10.4. The molecule has 0 radical (unpaired) electrons. The molecule has 1 saturated carbocycles. The lowest BCUT2D eigenvalue weighted by Gasteiger charge is -2.20. The maximum Gasteiger partial charge on any atom is 0.238 e. The van der Waals surface area contributed by atoms with Crippen molar-refractivity contribution in [2.75, 3.05) is 32.0 Å². The number of fused-ring (bicyclic) bond motifs is 1. The standard InChI is InChI=1S/C22H29FN4O2S/c1-27-12-8-16-14-19(21(29-2)25-18(16)9-13-27)26-30(3,28)17-6-7-20(24-15-17)22(23)10-4-5-11-22/h6-7,14-15H,3-5,8-13H2,1-2H3,(H,26,28). The van der Waals surface area contributed by atoms with Crippen LogP contribution in [-0.4, -0.2) is 52.2 Å². The summed E-state index contributed by atoms with van der Waals surface area (Å²) in [5.41, 5.74) is 1.71. The fourth-order valence-corrected chi connectivity index (χ4v) is 5.35. The average Bonchev–Trinajstić information content (AvgIpc) is 3.10. The van der Waals surface area contributed by atoms with Gasteiger partial charge in [0.15, 0.2) is 5.67 Å². The molecule has 8 heteroatoms. The van der Waals surface area contributed by atoms with Gasteiger partial charge >= 0.3 is 0 Å². The van der Waals surface area contributed by atoms with Crippen LogP contribution in [0.15, 0.2) is 29.3 Å². The van der Waals surface area contributed by atoms with Gasteiger partial charge in [0.2, 0.25) is 5.88 Å². The van der Waals surface area contributed by atoms with Gasteiger partial charge in [0.1, 0.15) is 5.69 Å². The Balaban J connectivity index is 1.60. The molecule has 1 atom stereocenters. The summed E-state index contributed by atoms with van der Waals surface area (Å²) in [4.78, 5) is 11.6. The van der Waals surface area contributed by atoms with Crippen molar-refractivity contribution in [3.8, 4) is 5.88 Å². The molecule has 0 aromatic carbocycles. The summed E-state index contributed by atoms with van der Waals surface area (Å²) in [5.74, 6) is 4.29.